The SMILES string of the molecule is Brc1ccc2c([C@@H](/C=C/c3ccccc3)c3ccccc3)c[nH]c2c1. The maximum atomic E-state index is 3.55. The molecule has 4 rings (SSSR count). The fraction of sp³-hybridized carbons (Fsp3) is 0.0435. The molecule has 1 atom stereocenters. The third kappa shape index (κ3) is 3.45. The summed E-state index contributed by atoms with van der Waals surface area (Å²) in [6.45, 7) is 0. The Kier molecular flexibility index (Phi) is 4.53. The molecule has 25 heavy (non-hydrogen) atoms. The van der Waals surface area contributed by atoms with Crippen LogP contribution in [0.1, 0.15) is 22.6 Å². The van der Waals surface area contributed by atoms with E-state index >= 15 is 0 Å². The van der Waals surface area contributed by atoms with Gasteiger partial charge in [-0.05, 0) is 28.8 Å². The van der Waals surface area contributed by atoms with E-state index in [2.05, 4.69) is 112 Å². The van der Waals surface area contributed by atoms with Crippen LogP contribution in [0.25, 0.3) is 17.0 Å². The number of H-pyrrole nitrogens is 1. The minimum atomic E-state index is 0.205. The zero-order chi connectivity index (χ0) is 17.1. The number of rotatable bonds is 4. The Morgan fingerprint density at radius 3 is 2.32 bits per heavy atom. The molecule has 0 radical (unpaired) electrons. The van der Waals surface area contributed by atoms with Gasteiger partial charge in [0, 0.05) is 27.5 Å². The molecule has 0 unspecified atom stereocenters. The number of aromatic nitrogens is 1. The van der Waals surface area contributed by atoms with Crippen LogP contribution in [-0.2, 0) is 0 Å². The highest BCUT2D eigenvalue weighted by Crippen LogP contribution is 2.33. The van der Waals surface area contributed by atoms with Crippen molar-refractivity contribution in [2.24, 2.45) is 0 Å². The Morgan fingerprint density at radius 1 is 0.840 bits per heavy atom. The summed E-state index contributed by atoms with van der Waals surface area (Å²) in [6.07, 6.45) is 6.62. The van der Waals surface area contributed by atoms with Gasteiger partial charge >= 0.3 is 0 Å². The van der Waals surface area contributed by atoms with E-state index < -0.39 is 0 Å². The Bertz CT molecular complexity index is 1000. The summed E-state index contributed by atoms with van der Waals surface area (Å²) in [5.41, 5.74) is 4.95. The summed E-state index contributed by atoms with van der Waals surface area (Å²) in [4.78, 5) is 3.41. The first-order valence-corrected chi connectivity index (χ1v) is 9.15. The van der Waals surface area contributed by atoms with Gasteiger partial charge in [-0.2, -0.15) is 0 Å². The first-order chi connectivity index (χ1) is 12.3. The molecule has 0 fully saturated rings. The number of nitrogens with one attached hydrogen (secondary N) is 1. The summed E-state index contributed by atoms with van der Waals surface area (Å²) < 4.78 is 1.09. The molecule has 0 aliphatic carbocycles. The molecule has 1 aromatic heterocycles. The summed E-state index contributed by atoms with van der Waals surface area (Å²) in [5.74, 6) is 0.205. The molecule has 1 nitrogen and oxygen atoms in total. The fourth-order valence-corrected chi connectivity index (χ4v) is 3.57. The van der Waals surface area contributed by atoms with Gasteiger partial charge in [0.25, 0.3) is 0 Å². The highest BCUT2D eigenvalue weighted by molar-refractivity contribution is 9.10. The molecule has 1 N–H and O–H groups in total. The van der Waals surface area contributed by atoms with Crippen LogP contribution in [0.15, 0.2) is 95.6 Å². The van der Waals surface area contributed by atoms with Crippen molar-refractivity contribution in [2.45, 2.75) is 5.92 Å². The summed E-state index contributed by atoms with van der Waals surface area (Å²) in [6, 6.07) is 27.5. The third-order valence-corrected chi connectivity index (χ3v) is 4.94. The van der Waals surface area contributed by atoms with Crippen molar-refractivity contribution in [3.8, 4) is 0 Å². The predicted molar refractivity (Wildman–Crippen MR) is 110 cm³/mol. The molecule has 0 bridgehead atoms. The van der Waals surface area contributed by atoms with Gasteiger partial charge in [0.2, 0.25) is 0 Å². The first-order valence-electron chi connectivity index (χ1n) is 8.36. The quantitative estimate of drug-likeness (QED) is 0.397. The molecule has 0 aliphatic heterocycles. The Labute approximate surface area is 156 Å². The second-order valence-electron chi connectivity index (χ2n) is 6.09. The number of halogens is 1. The number of fused-ring (bicyclic) bond motifs is 1. The first kappa shape index (κ1) is 15.9. The lowest BCUT2D eigenvalue weighted by Gasteiger charge is -2.13. The standard InChI is InChI=1S/C23H18BrN/c24-19-12-14-21-22(16-25-23(21)15-19)20(18-9-5-2-6-10-18)13-11-17-7-3-1-4-8-17/h1-16,20,25H/b13-11+/t20-/m0/s1. The summed E-state index contributed by atoms with van der Waals surface area (Å²) in [5, 5.41) is 1.26. The van der Waals surface area contributed by atoms with E-state index in [0.29, 0.717) is 0 Å². The number of benzene rings is 3. The minimum absolute atomic E-state index is 0.205. The van der Waals surface area contributed by atoms with E-state index in [1.54, 1.807) is 0 Å². The Morgan fingerprint density at radius 2 is 1.56 bits per heavy atom. The normalized spacial score (nSPS) is 12.7. The molecular weight excluding hydrogens is 370 g/mol. The zero-order valence-corrected chi connectivity index (χ0v) is 15.3. The van der Waals surface area contributed by atoms with Crippen molar-refractivity contribution in [2.75, 3.05) is 0 Å². The Hall–Kier alpha value is -2.58. The second kappa shape index (κ2) is 7.12. The van der Waals surface area contributed by atoms with Crippen LogP contribution in [0, 0.1) is 0 Å². The molecule has 4 aromatic rings. The maximum Gasteiger partial charge on any atom is 0.0468 e. The van der Waals surface area contributed by atoms with Gasteiger partial charge in [-0.3, -0.25) is 0 Å². The lowest BCUT2D eigenvalue weighted by atomic mass is 9.90. The molecule has 122 valence electrons. The van der Waals surface area contributed by atoms with Crippen molar-refractivity contribution in [1.82, 2.24) is 4.98 Å². The lowest BCUT2D eigenvalue weighted by molar-refractivity contribution is 1.04. The van der Waals surface area contributed by atoms with E-state index in [4.69, 9.17) is 0 Å². The van der Waals surface area contributed by atoms with Crippen LogP contribution < -0.4 is 0 Å². The maximum absolute atomic E-state index is 3.55. The third-order valence-electron chi connectivity index (χ3n) is 4.45. The molecule has 0 saturated heterocycles. The monoisotopic (exact) mass is 387 g/mol. The van der Waals surface area contributed by atoms with Crippen molar-refractivity contribution >= 4 is 32.9 Å². The van der Waals surface area contributed by atoms with Crippen molar-refractivity contribution in [3.63, 3.8) is 0 Å². The van der Waals surface area contributed by atoms with Crippen LogP contribution in [0.3, 0.4) is 0 Å². The van der Waals surface area contributed by atoms with E-state index in [9.17, 15) is 0 Å². The van der Waals surface area contributed by atoms with Gasteiger partial charge in [0.1, 0.15) is 0 Å². The highest BCUT2D eigenvalue weighted by atomic mass is 79.9. The second-order valence-corrected chi connectivity index (χ2v) is 7.01. The lowest BCUT2D eigenvalue weighted by Crippen LogP contribution is -1.96. The largest absolute Gasteiger partial charge is 0.361 e. The van der Waals surface area contributed by atoms with Crippen LogP contribution in [0.4, 0.5) is 0 Å². The highest BCUT2D eigenvalue weighted by Gasteiger charge is 2.15. The van der Waals surface area contributed by atoms with Gasteiger partial charge < -0.3 is 4.98 Å². The summed E-state index contributed by atoms with van der Waals surface area (Å²) in [7, 11) is 0. The number of allylic oxidation sites excluding steroid dienone is 1. The fourth-order valence-electron chi connectivity index (χ4n) is 3.20. The van der Waals surface area contributed by atoms with Gasteiger partial charge in [0.05, 0.1) is 0 Å². The van der Waals surface area contributed by atoms with Crippen molar-refractivity contribution < 1.29 is 0 Å². The number of aromatic amines is 1. The van der Waals surface area contributed by atoms with Gasteiger partial charge in [-0.15, -0.1) is 0 Å². The molecule has 3 aromatic carbocycles. The predicted octanol–water partition coefficient (Wildman–Crippen LogP) is 6.78. The molecular formula is C23H18BrN. The van der Waals surface area contributed by atoms with Crippen LogP contribution >= 0.6 is 15.9 Å². The molecule has 0 amide bonds. The topological polar surface area (TPSA) is 15.8 Å². The van der Waals surface area contributed by atoms with E-state index in [-0.39, 0.29) is 5.92 Å². The smallest absolute Gasteiger partial charge is 0.0468 e. The zero-order valence-electron chi connectivity index (χ0n) is 13.7. The molecule has 0 spiro atoms. The minimum Gasteiger partial charge on any atom is -0.361 e. The van der Waals surface area contributed by atoms with E-state index in [0.717, 1.165) is 9.99 Å². The number of hydrogen-bond acceptors (Lipinski definition) is 0. The summed E-state index contributed by atoms with van der Waals surface area (Å²) >= 11 is 3.55. The van der Waals surface area contributed by atoms with Crippen LogP contribution in [-0.4, -0.2) is 4.98 Å². The average Bonchev–Trinajstić information content (AvgIpc) is 3.06. The molecule has 0 aliphatic rings. The Balaban J connectivity index is 1.81. The van der Waals surface area contributed by atoms with Crippen LogP contribution in [0.5, 0.6) is 0 Å². The average molecular weight is 388 g/mol. The van der Waals surface area contributed by atoms with Gasteiger partial charge in [-0.1, -0.05) is 94.8 Å². The van der Waals surface area contributed by atoms with Gasteiger partial charge in [-0.25, -0.2) is 0 Å². The van der Waals surface area contributed by atoms with E-state index in [1.165, 1.54) is 22.1 Å². The molecule has 0 saturated carbocycles. The number of hydrogen-bond donors (Lipinski definition) is 1. The van der Waals surface area contributed by atoms with Crippen molar-refractivity contribution in [3.05, 3.63) is 112 Å². The van der Waals surface area contributed by atoms with E-state index in [1.807, 2.05) is 6.07 Å². The van der Waals surface area contributed by atoms with Gasteiger partial charge in [0.15, 0.2) is 0 Å². The molecule has 2 heteroatoms. The molecule has 1 heterocycles. The van der Waals surface area contributed by atoms with Crippen molar-refractivity contribution in [1.29, 1.82) is 0 Å². The van der Waals surface area contributed by atoms with Crippen LogP contribution in [0.2, 0.25) is 0 Å².